The summed E-state index contributed by atoms with van der Waals surface area (Å²) >= 11 is 1.58. The second kappa shape index (κ2) is 7.97. The number of amides is 1. The lowest BCUT2D eigenvalue weighted by molar-refractivity contribution is -0.115. The molecule has 0 bridgehead atoms. The quantitative estimate of drug-likeness (QED) is 0.392. The highest BCUT2D eigenvalue weighted by molar-refractivity contribution is 7.10. The number of hydrogen-bond donors (Lipinski definition) is 1. The van der Waals surface area contributed by atoms with E-state index in [2.05, 4.69) is 41.7 Å². The molecular formula is C25H19N3OS. The molecule has 0 saturated heterocycles. The van der Waals surface area contributed by atoms with Crippen LogP contribution in [0, 0.1) is 0 Å². The van der Waals surface area contributed by atoms with Gasteiger partial charge in [-0.1, -0.05) is 60.7 Å². The summed E-state index contributed by atoms with van der Waals surface area (Å²) in [6, 6.07) is 26.4. The number of nitrogens with zero attached hydrogens (tertiary/aromatic N) is 2. The SMILES string of the molecule is O=C(Cc1cccs1)Nc1cccn2cc(-c3ccc(-c4ccccc4)cc3)nc12. The molecule has 30 heavy (non-hydrogen) atoms. The second-order valence-electron chi connectivity index (χ2n) is 7.03. The Labute approximate surface area is 178 Å². The number of carbonyl (C=O) groups is 1. The molecule has 5 rings (SSSR count). The van der Waals surface area contributed by atoms with Gasteiger partial charge >= 0.3 is 0 Å². The van der Waals surface area contributed by atoms with Crippen molar-refractivity contribution >= 4 is 28.6 Å². The Hall–Kier alpha value is -3.70. The summed E-state index contributed by atoms with van der Waals surface area (Å²) in [5, 5.41) is 4.98. The molecule has 0 fully saturated rings. The molecule has 0 saturated carbocycles. The van der Waals surface area contributed by atoms with Crippen LogP contribution in [0.4, 0.5) is 5.69 Å². The van der Waals surface area contributed by atoms with Crippen molar-refractivity contribution in [3.8, 4) is 22.4 Å². The zero-order valence-electron chi connectivity index (χ0n) is 16.2. The van der Waals surface area contributed by atoms with Gasteiger partial charge in [0.2, 0.25) is 5.91 Å². The highest BCUT2D eigenvalue weighted by Crippen LogP contribution is 2.26. The maximum atomic E-state index is 12.4. The molecule has 0 radical (unpaired) electrons. The van der Waals surface area contributed by atoms with E-state index in [1.165, 1.54) is 11.1 Å². The molecule has 0 spiro atoms. The third kappa shape index (κ3) is 3.75. The van der Waals surface area contributed by atoms with Crippen LogP contribution >= 0.6 is 11.3 Å². The van der Waals surface area contributed by atoms with E-state index in [0.29, 0.717) is 12.1 Å². The fourth-order valence-electron chi connectivity index (χ4n) is 3.48. The topological polar surface area (TPSA) is 46.4 Å². The molecule has 5 heteroatoms. The molecule has 4 nitrogen and oxygen atoms in total. The van der Waals surface area contributed by atoms with Crippen molar-refractivity contribution in [2.24, 2.45) is 0 Å². The van der Waals surface area contributed by atoms with Crippen LogP contribution in [0.1, 0.15) is 4.88 Å². The van der Waals surface area contributed by atoms with E-state index < -0.39 is 0 Å². The summed E-state index contributed by atoms with van der Waals surface area (Å²) in [6.45, 7) is 0. The number of nitrogens with one attached hydrogen (secondary N) is 1. The first-order chi connectivity index (χ1) is 14.8. The highest BCUT2D eigenvalue weighted by Gasteiger charge is 2.11. The van der Waals surface area contributed by atoms with Crippen LogP contribution in [-0.2, 0) is 11.2 Å². The van der Waals surface area contributed by atoms with Crippen molar-refractivity contribution in [1.29, 1.82) is 0 Å². The number of carbonyl (C=O) groups excluding carboxylic acids is 1. The van der Waals surface area contributed by atoms with Crippen molar-refractivity contribution in [3.05, 3.63) is 102 Å². The maximum Gasteiger partial charge on any atom is 0.229 e. The normalized spacial score (nSPS) is 10.9. The summed E-state index contributed by atoms with van der Waals surface area (Å²) in [7, 11) is 0. The van der Waals surface area contributed by atoms with E-state index >= 15 is 0 Å². The number of aromatic nitrogens is 2. The van der Waals surface area contributed by atoms with Gasteiger partial charge in [0, 0.05) is 22.8 Å². The average Bonchev–Trinajstić information content (AvgIpc) is 3.45. The molecule has 2 aromatic carbocycles. The first-order valence-corrected chi connectivity index (χ1v) is 10.6. The lowest BCUT2D eigenvalue weighted by Crippen LogP contribution is -2.14. The van der Waals surface area contributed by atoms with E-state index in [-0.39, 0.29) is 5.91 Å². The minimum atomic E-state index is -0.0395. The van der Waals surface area contributed by atoms with Crippen LogP contribution in [0.5, 0.6) is 0 Å². The minimum Gasteiger partial charge on any atom is -0.323 e. The summed E-state index contributed by atoms with van der Waals surface area (Å²) < 4.78 is 1.95. The van der Waals surface area contributed by atoms with Gasteiger partial charge in [-0.05, 0) is 34.7 Å². The Morgan fingerprint density at radius 2 is 1.63 bits per heavy atom. The summed E-state index contributed by atoms with van der Waals surface area (Å²) in [6.07, 6.45) is 4.30. The van der Waals surface area contributed by atoms with Crippen LogP contribution in [0.2, 0.25) is 0 Å². The predicted molar refractivity (Wildman–Crippen MR) is 123 cm³/mol. The number of benzene rings is 2. The largest absolute Gasteiger partial charge is 0.323 e. The lowest BCUT2D eigenvalue weighted by atomic mass is 10.0. The number of pyridine rings is 1. The van der Waals surface area contributed by atoms with Crippen molar-refractivity contribution in [2.45, 2.75) is 6.42 Å². The molecule has 0 unspecified atom stereocenters. The third-order valence-electron chi connectivity index (χ3n) is 4.96. The van der Waals surface area contributed by atoms with Gasteiger partial charge in [0.15, 0.2) is 5.65 Å². The molecule has 3 heterocycles. The Morgan fingerprint density at radius 1 is 0.867 bits per heavy atom. The van der Waals surface area contributed by atoms with Crippen LogP contribution in [0.25, 0.3) is 28.0 Å². The number of fused-ring (bicyclic) bond motifs is 1. The monoisotopic (exact) mass is 409 g/mol. The molecule has 0 aliphatic heterocycles. The van der Waals surface area contributed by atoms with Crippen molar-refractivity contribution in [2.75, 3.05) is 5.32 Å². The molecule has 5 aromatic rings. The summed E-state index contributed by atoms with van der Waals surface area (Å²) in [5.41, 5.74) is 5.72. The smallest absolute Gasteiger partial charge is 0.229 e. The standard InChI is InChI=1S/C25H19N3OS/c29-24(16-21-8-5-15-30-21)26-22-9-4-14-28-17-23(27-25(22)28)20-12-10-19(11-13-20)18-6-2-1-3-7-18/h1-15,17H,16H2,(H,26,29). The molecule has 146 valence electrons. The molecular weight excluding hydrogens is 390 g/mol. The van der Waals surface area contributed by atoms with Crippen LogP contribution in [0.15, 0.2) is 96.6 Å². The summed E-state index contributed by atoms with van der Waals surface area (Å²) in [4.78, 5) is 18.3. The molecule has 3 aromatic heterocycles. The number of thiophene rings is 1. The Kier molecular flexibility index (Phi) is 4.87. The van der Waals surface area contributed by atoms with Gasteiger partial charge in [0.1, 0.15) is 0 Å². The Bertz CT molecular complexity index is 1290. The van der Waals surface area contributed by atoms with Gasteiger partial charge in [-0.25, -0.2) is 4.98 Å². The number of anilines is 1. The average molecular weight is 410 g/mol. The number of imidazole rings is 1. The Balaban J connectivity index is 1.41. The number of rotatable bonds is 5. The Morgan fingerprint density at radius 3 is 2.40 bits per heavy atom. The predicted octanol–water partition coefficient (Wildman–Crippen LogP) is 5.91. The first-order valence-electron chi connectivity index (χ1n) is 9.72. The van der Waals surface area contributed by atoms with E-state index in [9.17, 15) is 4.79 Å². The molecule has 0 aliphatic carbocycles. The third-order valence-corrected chi connectivity index (χ3v) is 5.84. The fourth-order valence-corrected chi connectivity index (χ4v) is 4.18. The first kappa shape index (κ1) is 18.3. The number of hydrogen-bond acceptors (Lipinski definition) is 3. The zero-order chi connectivity index (χ0) is 20.3. The van der Waals surface area contributed by atoms with Crippen molar-refractivity contribution in [3.63, 3.8) is 0 Å². The second-order valence-corrected chi connectivity index (χ2v) is 8.06. The van der Waals surface area contributed by atoms with Gasteiger partial charge < -0.3 is 9.72 Å². The molecule has 1 amide bonds. The van der Waals surface area contributed by atoms with Gasteiger partial charge in [-0.2, -0.15) is 0 Å². The fraction of sp³-hybridized carbons (Fsp3) is 0.0400. The maximum absolute atomic E-state index is 12.4. The van der Waals surface area contributed by atoms with E-state index in [1.54, 1.807) is 11.3 Å². The highest BCUT2D eigenvalue weighted by atomic mass is 32.1. The van der Waals surface area contributed by atoms with Crippen LogP contribution in [-0.4, -0.2) is 15.3 Å². The van der Waals surface area contributed by atoms with Crippen LogP contribution in [0.3, 0.4) is 0 Å². The van der Waals surface area contributed by atoms with Gasteiger partial charge in [0.05, 0.1) is 17.8 Å². The van der Waals surface area contributed by atoms with Crippen molar-refractivity contribution < 1.29 is 4.79 Å². The van der Waals surface area contributed by atoms with Crippen LogP contribution < -0.4 is 5.32 Å². The van der Waals surface area contributed by atoms with Gasteiger partial charge in [-0.15, -0.1) is 11.3 Å². The lowest BCUT2D eigenvalue weighted by Gasteiger charge is -2.05. The molecule has 0 aliphatic rings. The molecule has 1 N–H and O–H groups in total. The molecule has 0 atom stereocenters. The summed E-state index contributed by atoms with van der Waals surface area (Å²) in [5.74, 6) is -0.0395. The zero-order valence-corrected chi connectivity index (χ0v) is 17.0. The minimum absolute atomic E-state index is 0.0395. The van der Waals surface area contributed by atoms with E-state index in [1.807, 2.05) is 64.6 Å². The van der Waals surface area contributed by atoms with Gasteiger partial charge in [0.25, 0.3) is 0 Å². The van der Waals surface area contributed by atoms with Crippen molar-refractivity contribution in [1.82, 2.24) is 9.38 Å². The van der Waals surface area contributed by atoms with Gasteiger partial charge in [-0.3, -0.25) is 4.79 Å². The van der Waals surface area contributed by atoms with E-state index in [0.717, 1.165) is 21.8 Å². The van der Waals surface area contributed by atoms with E-state index in [4.69, 9.17) is 4.98 Å².